The van der Waals surface area contributed by atoms with Crippen LogP contribution in [-0.4, -0.2) is 12.1 Å². The van der Waals surface area contributed by atoms with Crippen molar-refractivity contribution < 1.29 is 0 Å². The molecular weight excluding hydrogens is 124 g/mol. The fourth-order valence-corrected chi connectivity index (χ4v) is 1.67. The average molecular weight is 142 g/mol. The first-order valence-electron chi connectivity index (χ1n) is 4.12. The standard InChI is InChI=1S/C8H18N2/c1-5-3-8(10)6(2)4-7(5)9/h5-8H,3-4,9-10H2,1-2H3. The first-order chi connectivity index (χ1) is 4.61. The Labute approximate surface area is 63.0 Å². The van der Waals surface area contributed by atoms with Crippen molar-refractivity contribution in [1.29, 1.82) is 0 Å². The molecular formula is C8H18N2. The van der Waals surface area contributed by atoms with E-state index in [0.29, 0.717) is 23.9 Å². The van der Waals surface area contributed by atoms with Crippen molar-refractivity contribution in [1.82, 2.24) is 0 Å². The third kappa shape index (κ3) is 1.50. The summed E-state index contributed by atoms with van der Waals surface area (Å²) in [7, 11) is 0. The third-order valence-corrected chi connectivity index (χ3v) is 2.75. The lowest BCUT2D eigenvalue weighted by molar-refractivity contribution is 0.232. The van der Waals surface area contributed by atoms with Gasteiger partial charge in [-0.1, -0.05) is 13.8 Å². The molecule has 1 aliphatic rings. The van der Waals surface area contributed by atoms with Gasteiger partial charge in [-0.3, -0.25) is 0 Å². The zero-order valence-electron chi connectivity index (χ0n) is 6.88. The van der Waals surface area contributed by atoms with Crippen molar-refractivity contribution in [2.45, 2.75) is 38.8 Å². The number of rotatable bonds is 0. The van der Waals surface area contributed by atoms with Crippen LogP contribution in [-0.2, 0) is 0 Å². The van der Waals surface area contributed by atoms with Crippen molar-refractivity contribution in [2.24, 2.45) is 23.3 Å². The fourth-order valence-electron chi connectivity index (χ4n) is 1.67. The number of hydrogen-bond acceptors (Lipinski definition) is 2. The minimum absolute atomic E-state index is 0.384. The molecule has 0 aliphatic heterocycles. The zero-order valence-corrected chi connectivity index (χ0v) is 6.88. The molecule has 0 amide bonds. The van der Waals surface area contributed by atoms with Crippen LogP contribution in [0.2, 0.25) is 0 Å². The lowest BCUT2D eigenvalue weighted by Crippen LogP contribution is -2.44. The minimum atomic E-state index is 0.384. The van der Waals surface area contributed by atoms with Crippen LogP contribution in [0.3, 0.4) is 0 Å². The average Bonchev–Trinajstić information content (AvgIpc) is 1.84. The topological polar surface area (TPSA) is 52.0 Å². The summed E-state index contributed by atoms with van der Waals surface area (Å²) in [6.45, 7) is 4.38. The van der Waals surface area contributed by atoms with Gasteiger partial charge < -0.3 is 11.5 Å². The summed E-state index contributed by atoms with van der Waals surface area (Å²) in [6.07, 6.45) is 2.20. The molecule has 0 saturated heterocycles. The van der Waals surface area contributed by atoms with E-state index < -0.39 is 0 Å². The van der Waals surface area contributed by atoms with Gasteiger partial charge in [0.1, 0.15) is 0 Å². The fraction of sp³-hybridized carbons (Fsp3) is 1.00. The molecule has 2 heteroatoms. The van der Waals surface area contributed by atoms with Crippen molar-refractivity contribution >= 4 is 0 Å². The largest absolute Gasteiger partial charge is 0.327 e. The SMILES string of the molecule is CC1CC(N)C(C)CC1N. The van der Waals surface area contributed by atoms with Crippen LogP contribution in [0.1, 0.15) is 26.7 Å². The molecule has 0 bridgehead atoms. The summed E-state index contributed by atoms with van der Waals surface area (Å²) in [4.78, 5) is 0. The van der Waals surface area contributed by atoms with Gasteiger partial charge in [0.05, 0.1) is 0 Å². The molecule has 0 aromatic heterocycles. The second-order valence-corrected chi connectivity index (χ2v) is 3.75. The van der Waals surface area contributed by atoms with E-state index in [-0.39, 0.29) is 0 Å². The van der Waals surface area contributed by atoms with Gasteiger partial charge in [-0.15, -0.1) is 0 Å². The van der Waals surface area contributed by atoms with Crippen molar-refractivity contribution in [3.8, 4) is 0 Å². The van der Waals surface area contributed by atoms with Gasteiger partial charge >= 0.3 is 0 Å². The summed E-state index contributed by atoms with van der Waals surface area (Å²) in [6, 6.07) is 0.768. The monoisotopic (exact) mass is 142 g/mol. The Balaban J connectivity index is 2.46. The predicted octanol–water partition coefficient (Wildman–Crippen LogP) is 0.707. The Morgan fingerprint density at radius 1 is 0.900 bits per heavy atom. The Hall–Kier alpha value is -0.0800. The molecule has 0 radical (unpaired) electrons. The highest BCUT2D eigenvalue weighted by molar-refractivity contribution is 4.85. The molecule has 10 heavy (non-hydrogen) atoms. The Kier molecular flexibility index (Phi) is 2.32. The van der Waals surface area contributed by atoms with Crippen LogP contribution in [0, 0.1) is 11.8 Å². The molecule has 0 heterocycles. The maximum Gasteiger partial charge on any atom is 0.00682 e. The predicted molar refractivity (Wildman–Crippen MR) is 43.5 cm³/mol. The molecule has 0 spiro atoms. The van der Waals surface area contributed by atoms with Gasteiger partial charge in [-0.25, -0.2) is 0 Å². The van der Waals surface area contributed by atoms with Gasteiger partial charge in [-0.2, -0.15) is 0 Å². The molecule has 4 N–H and O–H groups in total. The smallest absolute Gasteiger partial charge is 0.00682 e. The van der Waals surface area contributed by atoms with E-state index in [9.17, 15) is 0 Å². The summed E-state index contributed by atoms with van der Waals surface area (Å²) in [5.41, 5.74) is 11.8. The number of nitrogens with two attached hydrogens (primary N) is 2. The molecule has 4 unspecified atom stereocenters. The summed E-state index contributed by atoms with van der Waals surface area (Å²) < 4.78 is 0. The lowest BCUT2D eigenvalue weighted by atomic mass is 9.77. The van der Waals surface area contributed by atoms with Gasteiger partial charge in [0.25, 0.3) is 0 Å². The van der Waals surface area contributed by atoms with Crippen LogP contribution >= 0.6 is 0 Å². The molecule has 0 aromatic carbocycles. The second-order valence-electron chi connectivity index (χ2n) is 3.75. The molecule has 1 fully saturated rings. The van der Waals surface area contributed by atoms with Crippen LogP contribution < -0.4 is 11.5 Å². The van der Waals surface area contributed by atoms with Crippen LogP contribution in [0.25, 0.3) is 0 Å². The maximum absolute atomic E-state index is 5.88. The quantitative estimate of drug-likeness (QED) is 0.523. The van der Waals surface area contributed by atoms with Gasteiger partial charge in [0.15, 0.2) is 0 Å². The van der Waals surface area contributed by atoms with Crippen molar-refractivity contribution in [3.05, 3.63) is 0 Å². The summed E-state index contributed by atoms with van der Waals surface area (Å²) >= 11 is 0. The highest BCUT2D eigenvalue weighted by Gasteiger charge is 2.27. The normalized spacial score (nSPS) is 49.2. The van der Waals surface area contributed by atoms with Crippen LogP contribution in [0.5, 0.6) is 0 Å². The van der Waals surface area contributed by atoms with E-state index in [1.54, 1.807) is 0 Å². The Morgan fingerprint density at radius 2 is 1.20 bits per heavy atom. The zero-order chi connectivity index (χ0) is 7.72. The minimum Gasteiger partial charge on any atom is -0.327 e. The van der Waals surface area contributed by atoms with E-state index >= 15 is 0 Å². The summed E-state index contributed by atoms with van der Waals surface area (Å²) in [5, 5.41) is 0. The molecule has 60 valence electrons. The van der Waals surface area contributed by atoms with E-state index in [2.05, 4.69) is 13.8 Å². The van der Waals surface area contributed by atoms with Gasteiger partial charge in [-0.05, 0) is 24.7 Å². The molecule has 0 aromatic rings. The first kappa shape index (κ1) is 8.02. The Bertz CT molecular complexity index is 87.8. The van der Waals surface area contributed by atoms with E-state index in [4.69, 9.17) is 11.5 Å². The van der Waals surface area contributed by atoms with E-state index in [1.165, 1.54) is 0 Å². The molecule has 4 atom stereocenters. The Morgan fingerprint density at radius 3 is 1.50 bits per heavy atom. The highest BCUT2D eigenvalue weighted by Crippen LogP contribution is 2.25. The number of hydrogen-bond donors (Lipinski definition) is 2. The maximum atomic E-state index is 5.88. The third-order valence-electron chi connectivity index (χ3n) is 2.75. The van der Waals surface area contributed by atoms with Gasteiger partial charge in [0, 0.05) is 12.1 Å². The van der Waals surface area contributed by atoms with E-state index in [1.807, 2.05) is 0 Å². The van der Waals surface area contributed by atoms with Gasteiger partial charge in [0.2, 0.25) is 0 Å². The molecule has 1 aliphatic carbocycles. The molecule has 1 saturated carbocycles. The summed E-state index contributed by atoms with van der Waals surface area (Å²) in [5.74, 6) is 1.23. The second kappa shape index (κ2) is 2.89. The van der Waals surface area contributed by atoms with Crippen LogP contribution in [0.15, 0.2) is 0 Å². The van der Waals surface area contributed by atoms with E-state index in [0.717, 1.165) is 12.8 Å². The molecule has 2 nitrogen and oxygen atoms in total. The van der Waals surface area contributed by atoms with Crippen molar-refractivity contribution in [3.63, 3.8) is 0 Å². The van der Waals surface area contributed by atoms with Crippen LogP contribution in [0.4, 0.5) is 0 Å². The van der Waals surface area contributed by atoms with Crippen molar-refractivity contribution in [2.75, 3.05) is 0 Å². The lowest BCUT2D eigenvalue weighted by Gasteiger charge is -2.34. The first-order valence-corrected chi connectivity index (χ1v) is 4.12. The highest BCUT2D eigenvalue weighted by atomic mass is 14.7. The molecule has 1 rings (SSSR count).